The van der Waals surface area contributed by atoms with Crippen LogP contribution in [-0.4, -0.2) is 65.2 Å². The third-order valence-electron chi connectivity index (χ3n) is 3.67. The summed E-state index contributed by atoms with van der Waals surface area (Å²) in [6.45, 7) is 9.36. The van der Waals surface area contributed by atoms with Crippen LogP contribution in [0.4, 0.5) is 4.79 Å². The van der Waals surface area contributed by atoms with Crippen LogP contribution in [0.2, 0.25) is 0 Å². The van der Waals surface area contributed by atoms with Crippen molar-refractivity contribution in [3.63, 3.8) is 0 Å². The van der Waals surface area contributed by atoms with Crippen molar-refractivity contribution in [3.8, 4) is 0 Å². The molecule has 6 heteroatoms. The summed E-state index contributed by atoms with van der Waals surface area (Å²) in [5.74, 6) is -0.995. The molecule has 1 heterocycles. The zero-order valence-electron chi connectivity index (χ0n) is 11.4. The van der Waals surface area contributed by atoms with Crippen LogP contribution in [0.15, 0.2) is 0 Å². The number of carboxylic acid groups (broad SMARTS) is 1. The number of hydrogen-bond acceptors (Lipinski definition) is 3. The van der Waals surface area contributed by atoms with Gasteiger partial charge in [-0.3, -0.25) is 0 Å². The second-order valence-corrected chi connectivity index (χ2v) is 4.84. The molecule has 0 spiro atoms. The van der Waals surface area contributed by atoms with Gasteiger partial charge in [0.1, 0.15) is 5.54 Å². The van der Waals surface area contributed by atoms with Crippen LogP contribution in [0.3, 0.4) is 0 Å². The first-order valence-electron chi connectivity index (χ1n) is 6.45. The van der Waals surface area contributed by atoms with E-state index in [1.807, 2.05) is 0 Å². The van der Waals surface area contributed by atoms with E-state index >= 15 is 0 Å². The van der Waals surface area contributed by atoms with Gasteiger partial charge in [0.05, 0.1) is 0 Å². The predicted molar refractivity (Wildman–Crippen MR) is 68.6 cm³/mol. The van der Waals surface area contributed by atoms with Gasteiger partial charge in [-0.05, 0) is 19.9 Å². The molecular weight excluding hydrogens is 234 g/mol. The number of carboxylic acids is 1. The van der Waals surface area contributed by atoms with Crippen molar-refractivity contribution in [2.45, 2.75) is 32.7 Å². The molecule has 1 saturated heterocycles. The second kappa shape index (κ2) is 6.04. The van der Waals surface area contributed by atoms with Gasteiger partial charge in [-0.1, -0.05) is 13.8 Å². The maximum Gasteiger partial charge on any atom is 0.329 e. The molecule has 18 heavy (non-hydrogen) atoms. The number of hydrogen-bond donors (Lipinski definition) is 2. The van der Waals surface area contributed by atoms with Gasteiger partial charge in [0, 0.05) is 26.2 Å². The first-order chi connectivity index (χ1) is 8.42. The van der Waals surface area contributed by atoms with Crippen LogP contribution in [0.1, 0.15) is 27.2 Å². The van der Waals surface area contributed by atoms with Crippen molar-refractivity contribution >= 4 is 12.0 Å². The van der Waals surface area contributed by atoms with Crippen molar-refractivity contribution < 1.29 is 14.7 Å². The van der Waals surface area contributed by atoms with Gasteiger partial charge in [0.25, 0.3) is 0 Å². The topological polar surface area (TPSA) is 72.9 Å². The molecule has 0 radical (unpaired) electrons. The highest BCUT2D eigenvalue weighted by Gasteiger charge is 2.34. The number of amides is 2. The first-order valence-corrected chi connectivity index (χ1v) is 6.45. The zero-order chi connectivity index (χ0) is 13.8. The zero-order valence-corrected chi connectivity index (χ0v) is 11.4. The Morgan fingerprint density at radius 3 is 2.17 bits per heavy atom. The molecular formula is C12H23N3O3. The van der Waals surface area contributed by atoms with Gasteiger partial charge in [-0.2, -0.15) is 0 Å². The van der Waals surface area contributed by atoms with Crippen molar-refractivity contribution in [2.24, 2.45) is 0 Å². The Morgan fingerprint density at radius 1 is 1.22 bits per heavy atom. The Bertz CT molecular complexity index is 314. The van der Waals surface area contributed by atoms with Gasteiger partial charge in [-0.15, -0.1) is 0 Å². The summed E-state index contributed by atoms with van der Waals surface area (Å²) < 4.78 is 0. The lowest BCUT2D eigenvalue weighted by molar-refractivity contribution is -0.143. The smallest absolute Gasteiger partial charge is 0.329 e. The fourth-order valence-corrected chi connectivity index (χ4v) is 1.88. The van der Waals surface area contributed by atoms with Crippen LogP contribution < -0.4 is 5.32 Å². The van der Waals surface area contributed by atoms with Crippen LogP contribution >= 0.6 is 0 Å². The number of likely N-dealkylation sites (N-methyl/N-ethyl adjacent to an activating group) is 1. The van der Waals surface area contributed by atoms with E-state index in [4.69, 9.17) is 5.11 Å². The number of nitrogens with zero attached hydrogens (tertiary/aromatic N) is 2. The lowest BCUT2D eigenvalue weighted by atomic mass is 10.00. The molecule has 1 atom stereocenters. The number of rotatable bonds is 4. The van der Waals surface area contributed by atoms with E-state index in [0.717, 1.165) is 19.6 Å². The molecule has 104 valence electrons. The third kappa shape index (κ3) is 3.35. The highest BCUT2D eigenvalue weighted by atomic mass is 16.4. The quantitative estimate of drug-likeness (QED) is 0.773. The van der Waals surface area contributed by atoms with Crippen molar-refractivity contribution in [3.05, 3.63) is 0 Å². The third-order valence-corrected chi connectivity index (χ3v) is 3.67. The average molecular weight is 257 g/mol. The minimum Gasteiger partial charge on any atom is -0.480 e. The van der Waals surface area contributed by atoms with E-state index in [2.05, 4.69) is 17.1 Å². The van der Waals surface area contributed by atoms with Crippen LogP contribution in [0.25, 0.3) is 0 Å². The van der Waals surface area contributed by atoms with Crippen molar-refractivity contribution in [1.29, 1.82) is 0 Å². The maximum atomic E-state index is 12.0. The molecule has 0 aromatic carbocycles. The molecule has 0 aromatic heterocycles. The van der Waals surface area contributed by atoms with E-state index in [0.29, 0.717) is 19.5 Å². The Morgan fingerprint density at radius 2 is 1.78 bits per heavy atom. The van der Waals surface area contributed by atoms with E-state index in [1.54, 1.807) is 11.8 Å². The number of piperazine rings is 1. The molecule has 0 saturated carbocycles. The molecule has 1 aliphatic rings. The Balaban J connectivity index is 2.53. The fourth-order valence-electron chi connectivity index (χ4n) is 1.88. The van der Waals surface area contributed by atoms with E-state index in [1.165, 1.54) is 6.92 Å². The van der Waals surface area contributed by atoms with Crippen LogP contribution in [0.5, 0.6) is 0 Å². The van der Waals surface area contributed by atoms with E-state index in [-0.39, 0.29) is 6.03 Å². The molecule has 6 nitrogen and oxygen atoms in total. The van der Waals surface area contributed by atoms with E-state index in [9.17, 15) is 9.59 Å². The van der Waals surface area contributed by atoms with Gasteiger partial charge in [0.15, 0.2) is 0 Å². The summed E-state index contributed by atoms with van der Waals surface area (Å²) >= 11 is 0. The highest BCUT2D eigenvalue weighted by molar-refractivity contribution is 5.85. The molecule has 0 bridgehead atoms. The number of carbonyl (C=O) groups excluding carboxylic acids is 1. The molecule has 1 aliphatic heterocycles. The molecule has 2 N–H and O–H groups in total. The van der Waals surface area contributed by atoms with Crippen molar-refractivity contribution in [1.82, 2.24) is 15.1 Å². The molecule has 1 fully saturated rings. The standard InChI is InChI=1S/C12H23N3O3/c1-4-12(3,10(16)17)13-11(18)15-8-6-14(5-2)7-9-15/h4-9H2,1-3H3,(H,13,18)(H,16,17). The average Bonchev–Trinajstić information content (AvgIpc) is 2.38. The van der Waals surface area contributed by atoms with Crippen molar-refractivity contribution in [2.75, 3.05) is 32.7 Å². The highest BCUT2D eigenvalue weighted by Crippen LogP contribution is 2.11. The normalized spacial score (nSPS) is 20.3. The lowest BCUT2D eigenvalue weighted by Crippen LogP contribution is -2.58. The van der Waals surface area contributed by atoms with E-state index < -0.39 is 11.5 Å². The van der Waals surface area contributed by atoms with Gasteiger partial charge in [-0.25, -0.2) is 9.59 Å². The first kappa shape index (κ1) is 14.8. The number of nitrogens with one attached hydrogen (secondary N) is 1. The fraction of sp³-hybridized carbons (Fsp3) is 0.833. The van der Waals surface area contributed by atoms with Gasteiger partial charge in [0.2, 0.25) is 0 Å². The number of urea groups is 1. The van der Waals surface area contributed by atoms with Gasteiger partial charge < -0.3 is 20.2 Å². The Labute approximate surface area is 108 Å². The Kier molecular flexibility index (Phi) is 4.95. The van der Waals surface area contributed by atoms with Crippen LogP contribution in [0, 0.1) is 0 Å². The summed E-state index contributed by atoms with van der Waals surface area (Å²) in [5.41, 5.74) is -1.18. The summed E-state index contributed by atoms with van der Waals surface area (Å²) in [5, 5.41) is 11.7. The predicted octanol–water partition coefficient (Wildman–Crippen LogP) is 0.587. The molecule has 0 aliphatic carbocycles. The summed E-state index contributed by atoms with van der Waals surface area (Å²) in [6, 6.07) is -0.280. The second-order valence-electron chi connectivity index (χ2n) is 4.84. The molecule has 1 unspecified atom stereocenters. The summed E-state index contributed by atoms with van der Waals surface area (Å²) in [7, 11) is 0. The summed E-state index contributed by atoms with van der Waals surface area (Å²) in [4.78, 5) is 27.1. The Hall–Kier alpha value is -1.30. The molecule has 2 amide bonds. The minimum absolute atomic E-state index is 0.280. The van der Waals surface area contributed by atoms with Gasteiger partial charge >= 0.3 is 12.0 Å². The monoisotopic (exact) mass is 257 g/mol. The lowest BCUT2D eigenvalue weighted by Gasteiger charge is -2.36. The largest absolute Gasteiger partial charge is 0.480 e. The maximum absolute atomic E-state index is 12.0. The number of aliphatic carboxylic acids is 1. The van der Waals surface area contributed by atoms with Crippen LogP contribution in [-0.2, 0) is 4.79 Å². The SMILES string of the molecule is CCN1CCN(C(=O)NC(C)(CC)C(=O)O)CC1. The number of carbonyl (C=O) groups is 2. The minimum atomic E-state index is -1.18. The molecule has 0 aromatic rings. The molecule has 1 rings (SSSR count). The summed E-state index contributed by atoms with van der Waals surface area (Å²) in [6.07, 6.45) is 0.364.